The van der Waals surface area contributed by atoms with Gasteiger partial charge in [0, 0.05) is 13.0 Å². The van der Waals surface area contributed by atoms with Crippen LogP contribution in [-0.4, -0.2) is 28.4 Å². The molecule has 1 aliphatic rings. The summed E-state index contributed by atoms with van der Waals surface area (Å²) >= 11 is 0. The second-order valence-electron chi connectivity index (χ2n) is 5.16. The highest BCUT2D eigenvalue weighted by Crippen LogP contribution is 2.39. The molecule has 0 bridgehead atoms. The zero-order chi connectivity index (χ0) is 12.3. The van der Waals surface area contributed by atoms with Crippen LogP contribution >= 0.6 is 0 Å². The van der Waals surface area contributed by atoms with Gasteiger partial charge in [0.1, 0.15) is 0 Å². The minimum atomic E-state index is -0.132. The summed E-state index contributed by atoms with van der Waals surface area (Å²) in [5, 5.41) is 12.7. The molecule has 2 rings (SSSR count). The van der Waals surface area contributed by atoms with Gasteiger partial charge in [-0.05, 0) is 31.6 Å². The highest BCUT2D eigenvalue weighted by Gasteiger charge is 2.39. The highest BCUT2D eigenvalue weighted by atomic mass is 16.5. The quantitative estimate of drug-likeness (QED) is 0.819. The number of nitrogens with zero attached hydrogens (tertiary/aromatic N) is 2. The third-order valence-electron chi connectivity index (χ3n) is 3.88. The van der Waals surface area contributed by atoms with Crippen LogP contribution in [0, 0.1) is 5.92 Å². The van der Waals surface area contributed by atoms with Gasteiger partial charge in [-0.25, -0.2) is 0 Å². The number of aliphatic hydroxyl groups is 1. The molecule has 96 valence electrons. The van der Waals surface area contributed by atoms with E-state index in [1.165, 1.54) is 0 Å². The molecule has 1 aromatic heterocycles. The number of aliphatic hydroxyl groups excluding tert-OH is 1. The van der Waals surface area contributed by atoms with Crippen LogP contribution in [0.25, 0.3) is 0 Å². The molecule has 0 atom stereocenters. The molecular formula is C12H21N3O2. The molecule has 0 spiro atoms. The van der Waals surface area contributed by atoms with Gasteiger partial charge in [-0.3, -0.25) is 0 Å². The van der Waals surface area contributed by atoms with Crippen molar-refractivity contribution in [2.75, 3.05) is 13.2 Å². The smallest absolute Gasteiger partial charge is 0.234 e. The minimum Gasteiger partial charge on any atom is -0.396 e. The van der Waals surface area contributed by atoms with Crippen molar-refractivity contribution in [1.82, 2.24) is 10.1 Å². The van der Waals surface area contributed by atoms with E-state index in [4.69, 9.17) is 15.4 Å². The van der Waals surface area contributed by atoms with Crippen molar-refractivity contribution in [1.29, 1.82) is 0 Å². The summed E-state index contributed by atoms with van der Waals surface area (Å²) in [5.41, 5.74) is 5.79. The standard InChI is InChI=1S/C12H21N3O2/c1-9-2-5-12(8-13,6-3-9)11-14-10(4-7-16)15-17-11/h9,16H,2-8,13H2,1H3. The molecule has 0 aliphatic heterocycles. The first-order valence-corrected chi connectivity index (χ1v) is 6.34. The number of rotatable bonds is 4. The number of hydrogen-bond acceptors (Lipinski definition) is 5. The van der Waals surface area contributed by atoms with Crippen LogP contribution in [0.4, 0.5) is 0 Å². The van der Waals surface area contributed by atoms with E-state index in [0.717, 1.165) is 31.6 Å². The number of nitrogens with two attached hydrogens (primary N) is 1. The lowest BCUT2D eigenvalue weighted by atomic mass is 9.71. The normalized spacial score (nSPS) is 29.5. The highest BCUT2D eigenvalue weighted by molar-refractivity contribution is 5.08. The van der Waals surface area contributed by atoms with Crippen LogP contribution in [0.5, 0.6) is 0 Å². The Morgan fingerprint density at radius 3 is 2.76 bits per heavy atom. The molecule has 0 aromatic carbocycles. The molecule has 0 unspecified atom stereocenters. The summed E-state index contributed by atoms with van der Waals surface area (Å²) in [4.78, 5) is 4.37. The molecule has 1 saturated carbocycles. The van der Waals surface area contributed by atoms with E-state index in [0.29, 0.717) is 24.7 Å². The zero-order valence-corrected chi connectivity index (χ0v) is 10.4. The van der Waals surface area contributed by atoms with Crippen molar-refractivity contribution in [3.8, 4) is 0 Å². The fraction of sp³-hybridized carbons (Fsp3) is 0.833. The first kappa shape index (κ1) is 12.5. The number of hydrogen-bond donors (Lipinski definition) is 2. The Balaban J connectivity index is 2.16. The van der Waals surface area contributed by atoms with Crippen LogP contribution in [0.1, 0.15) is 44.3 Å². The van der Waals surface area contributed by atoms with Crippen LogP contribution in [0.15, 0.2) is 4.52 Å². The third-order valence-corrected chi connectivity index (χ3v) is 3.88. The van der Waals surface area contributed by atoms with Gasteiger partial charge in [0.15, 0.2) is 5.82 Å². The first-order valence-electron chi connectivity index (χ1n) is 6.34. The van der Waals surface area contributed by atoms with Crippen LogP contribution in [-0.2, 0) is 11.8 Å². The molecule has 3 N–H and O–H groups in total. The summed E-state index contributed by atoms with van der Waals surface area (Å²) in [5.74, 6) is 2.00. The van der Waals surface area contributed by atoms with Gasteiger partial charge in [-0.15, -0.1) is 0 Å². The SMILES string of the molecule is CC1CCC(CN)(c2nc(CCO)no2)CC1. The molecular weight excluding hydrogens is 218 g/mol. The van der Waals surface area contributed by atoms with Crippen molar-refractivity contribution in [2.45, 2.75) is 44.4 Å². The molecule has 0 radical (unpaired) electrons. The largest absolute Gasteiger partial charge is 0.396 e. The van der Waals surface area contributed by atoms with Crippen molar-refractivity contribution < 1.29 is 9.63 Å². The Bertz CT molecular complexity index is 356. The topological polar surface area (TPSA) is 85.2 Å². The summed E-state index contributed by atoms with van der Waals surface area (Å²) < 4.78 is 5.33. The maximum atomic E-state index is 8.85. The molecule has 0 saturated heterocycles. The van der Waals surface area contributed by atoms with E-state index in [2.05, 4.69) is 17.1 Å². The Morgan fingerprint density at radius 2 is 2.18 bits per heavy atom. The Morgan fingerprint density at radius 1 is 1.47 bits per heavy atom. The van der Waals surface area contributed by atoms with Gasteiger partial charge in [-0.2, -0.15) is 4.98 Å². The van der Waals surface area contributed by atoms with E-state index in [1.54, 1.807) is 0 Å². The maximum Gasteiger partial charge on any atom is 0.234 e. The molecule has 1 fully saturated rings. The lowest BCUT2D eigenvalue weighted by Gasteiger charge is -2.35. The van der Waals surface area contributed by atoms with Crippen molar-refractivity contribution in [3.05, 3.63) is 11.7 Å². The molecule has 1 heterocycles. The van der Waals surface area contributed by atoms with E-state index in [9.17, 15) is 0 Å². The molecule has 17 heavy (non-hydrogen) atoms. The predicted octanol–water partition coefficient (Wildman–Crippen LogP) is 1.01. The Labute approximate surface area is 101 Å². The van der Waals surface area contributed by atoms with Gasteiger partial charge in [-0.1, -0.05) is 12.1 Å². The third kappa shape index (κ3) is 2.50. The van der Waals surface area contributed by atoms with E-state index >= 15 is 0 Å². The summed E-state index contributed by atoms with van der Waals surface area (Å²) in [6.45, 7) is 2.87. The van der Waals surface area contributed by atoms with Crippen LogP contribution in [0.2, 0.25) is 0 Å². The summed E-state index contributed by atoms with van der Waals surface area (Å²) in [7, 11) is 0. The van der Waals surface area contributed by atoms with E-state index in [1.807, 2.05) is 0 Å². The fourth-order valence-corrected chi connectivity index (χ4v) is 2.49. The lowest BCUT2D eigenvalue weighted by Crippen LogP contribution is -2.39. The predicted molar refractivity (Wildman–Crippen MR) is 63.5 cm³/mol. The molecule has 1 aliphatic carbocycles. The lowest BCUT2D eigenvalue weighted by molar-refractivity contribution is 0.191. The first-order chi connectivity index (χ1) is 8.20. The van der Waals surface area contributed by atoms with Crippen LogP contribution < -0.4 is 5.73 Å². The summed E-state index contributed by atoms with van der Waals surface area (Å²) in [6.07, 6.45) is 4.81. The van der Waals surface area contributed by atoms with Crippen molar-refractivity contribution in [3.63, 3.8) is 0 Å². The van der Waals surface area contributed by atoms with Crippen LogP contribution in [0.3, 0.4) is 0 Å². The molecule has 5 heteroatoms. The Kier molecular flexibility index (Phi) is 3.79. The van der Waals surface area contributed by atoms with E-state index in [-0.39, 0.29) is 12.0 Å². The second kappa shape index (κ2) is 5.14. The van der Waals surface area contributed by atoms with Gasteiger partial charge < -0.3 is 15.4 Å². The number of aromatic nitrogens is 2. The van der Waals surface area contributed by atoms with E-state index < -0.39 is 0 Å². The molecule has 5 nitrogen and oxygen atoms in total. The Hall–Kier alpha value is -0.940. The van der Waals surface area contributed by atoms with Gasteiger partial charge in [0.25, 0.3) is 0 Å². The van der Waals surface area contributed by atoms with Crippen molar-refractivity contribution in [2.24, 2.45) is 11.7 Å². The molecule has 0 amide bonds. The average molecular weight is 239 g/mol. The minimum absolute atomic E-state index is 0.0473. The van der Waals surface area contributed by atoms with Crippen molar-refractivity contribution >= 4 is 0 Å². The van der Waals surface area contributed by atoms with Gasteiger partial charge in [0.2, 0.25) is 5.89 Å². The molecule has 1 aromatic rings. The van der Waals surface area contributed by atoms with Gasteiger partial charge in [0.05, 0.1) is 12.0 Å². The second-order valence-corrected chi connectivity index (χ2v) is 5.16. The zero-order valence-electron chi connectivity index (χ0n) is 10.4. The monoisotopic (exact) mass is 239 g/mol. The van der Waals surface area contributed by atoms with Gasteiger partial charge >= 0.3 is 0 Å². The maximum absolute atomic E-state index is 8.85. The summed E-state index contributed by atoms with van der Waals surface area (Å²) in [6, 6.07) is 0. The average Bonchev–Trinajstić information content (AvgIpc) is 2.80. The fourth-order valence-electron chi connectivity index (χ4n) is 2.49.